The van der Waals surface area contributed by atoms with E-state index in [9.17, 15) is 8.42 Å². The Hall–Kier alpha value is 0.190. The fourth-order valence-corrected chi connectivity index (χ4v) is 2.36. The standard InChI is InChI=1S/C6H4BrClO3S.ClH/c7-5-2-1-4(8)3-6(5)12(9,10)11;/h1-3H,(H,9,10,11);1H. The van der Waals surface area contributed by atoms with Crippen molar-refractivity contribution in [2.24, 2.45) is 0 Å². The van der Waals surface area contributed by atoms with Crippen molar-refractivity contribution in [3.63, 3.8) is 0 Å². The lowest BCUT2D eigenvalue weighted by molar-refractivity contribution is 0.482. The first-order valence-electron chi connectivity index (χ1n) is 2.84. The molecule has 0 amide bonds. The number of rotatable bonds is 1. The van der Waals surface area contributed by atoms with Crippen molar-refractivity contribution < 1.29 is 13.0 Å². The summed E-state index contributed by atoms with van der Waals surface area (Å²) < 4.78 is 30.3. The summed E-state index contributed by atoms with van der Waals surface area (Å²) in [7, 11) is -4.19. The maximum absolute atomic E-state index is 10.7. The molecule has 74 valence electrons. The lowest BCUT2D eigenvalue weighted by atomic mass is 10.4. The Bertz CT molecular complexity index is 404. The Morgan fingerprint density at radius 3 is 2.31 bits per heavy atom. The Labute approximate surface area is 95.4 Å². The SMILES string of the molecule is Cl.O=S(=O)(O)c1cc(Cl)ccc1Br. The van der Waals surface area contributed by atoms with Gasteiger partial charge in [0, 0.05) is 9.50 Å². The smallest absolute Gasteiger partial charge is 0.282 e. The van der Waals surface area contributed by atoms with Crippen LogP contribution in [0.1, 0.15) is 0 Å². The van der Waals surface area contributed by atoms with Crippen molar-refractivity contribution in [3.05, 3.63) is 27.7 Å². The monoisotopic (exact) mass is 306 g/mol. The average molecular weight is 308 g/mol. The Kier molecular flexibility index (Phi) is 4.68. The quantitative estimate of drug-likeness (QED) is 0.812. The Morgan fingerprint density at radius 2 is 1.92 bits per heavy atom. The fourth-order valence-electron chi connectivity index (χ4n) is 0.675. The van der Waals surface area contributed by atoms with Crippen LogP contribution in [0.25, 0.3) is 0 Å². The van der Waals surface area contributed by atoms with E-state index in [0.717, 1.165) is 0 Å². The summed E-state index contributed by atoms with van der Waals surface area (Å²) in [5.41, 5.74) is 0. The van der Waals surface area contributed by atoms with Crippen molar-refractivity contribution in [1.29, 1.82) is 0 Å². The summed E-state index contributed by atoms with van der Waals surface area (Å²) >= 11 is 8.49. The maximum Gasteiger partial charge on any atom is 0.295 e. The van der Waals surface area contributed by atoms with Crippen LogP contribution in [-0.4, -0.2) is 13.0 Å². The van der Waals surface area contributed by atoms with Gasteiger partial charge in [-0.3, -0.25) is 4.55 Å². The molecule has 0 radical (unpaired) electrons. The highest BCUT2D eigenvalue weighted by atomic mass is 79.9. The molecule has 0 fully saturated rings. The molecule has 1 rings (SSSR count). The summed E-state index contributed by atoms with van der Waals surface area (Å²) in [5.74, 6) is 0. The van der Waals surface area contributed by atoms with Gasteiger partial charge in [0.1, 0.15) is 4.90 Å². The number of hydrogen-bond acceptors (Lipinski definition) is 2. The molecule has 0 aromatic heterocycles. The lowest BCUT2D eigenvalue weighted by Gasteiger charge is -1.99. The van der Waals surface area contributed by atoms with Crippen molar-refractivity contribution >= 4 is 50.1 Å². The molecule has 0 heterocycles. The zero-order valence-corrected chi connectivity index (χ0v) is 10.0. The third-order valence-electron chi connectivity index (χ3n) is 1.17. The van der Waals surface area contributed by atoms with Crippen molar-refractivity contribution in [2.75, 3.05) is 0 Å². The van der Waals surface area contributed by atoms with Gasteiger partial charge in [-0.2, -0.15) is 8.42 Å². The van der Waals surface area contributed by atoms with E-state index in [-0.39, 0.29) is 26.8 Å². The van der Waals surface area contributed by atoms with Gasteiger partial charge in [0.05, 0.1) is 0 Å². The summed E-state index contributed by atoms with van der Waals surface area (Å²) in [6.45, 7) is 0. The van der Waals surface area contributed by atoms with E-state index in [1.54, 1.807) is 0 Å². The molecule has 1 aromatic rings. The highest BCUT2D eigenvalue weighted by Crippen LogP contribution is 2.24. The number of benzene rings is 1. The van der Waals surface area contributed by atoms with Gasteiger partial charge in [0.15, 0.2) is 0 Å². The van der Waals surface area contributed by atoms with E-state index in [1.165, 1.54) is 18.2 Å². The second kappa shape index (κ2) is 4.61. The topological polar surface area (TPSA) is 54.4 Å². The second-order valence-corrected chi connectivity index (χ2v) is 4.73. The molecule has 0 bridgehead atoms. The van der Waals surface area contributed by atoms with Crippen LogP contribution < -0.4 is 0 Å². The molecule has 0 aliphatic carbocycles. The predicted octanol–water partition coefficient (Wildman–Crippen LogP) is 2.77. The molecule has 0 atom stereocenters. The van der Waals surface area contributed by atoms with Gasteiger partial charge in [0.25, 0.3) is 10.1 Å². The summed E-state index contributed by atoms with van der Waals surface area (Å²) in [6, 6.07) is 4.13. The van der Waals surface area contributed by atoms with Gasteiger partial charge in [-0.05, 0) is 34.1 Å². The van der Waals surface area contributed by atoms with Gasteiger partial charge >= 0.3 is 0 Å². The molecule has 13 heavy (non-hydrogen) atoms. The molecule has 0 spiro atoms. The molecular weight excluding hydrogens is 303 g/mol. The Morgan fingerprint density at radius 1 is 1.38 bits per heavy atom. The minimum atomic E-state index is -4.19. The highest BCUT2D eigenvalue weighted by molar-refractivity contribution is 9.10. The van der Waals surface area contributed by atoms with Crippen LogP contribution in [0.2, 0.25) is 5.02 Å². The van der Waals surface area contributed by atoms with E-state index in [2.05, 4.69) is 15.9 Å². The largest absolute Gasteiger partial charge is 0.295 e. The molecular formula is C6H5BrCl2O3S. The van der Waals surface area contributed by atoms with Crippen LogP contribution in [-0.2, 0) is 10.1 Å². The van der Waals surface area contributed by atoms with Crippen LogP contribution in [0.4, 0.5) is 0 Å². The first kappa shape index (κ1) is 13.2. The zero-order chi connectivity index (χ0) is 9.35. The molecule has 0 aliphatic heterocycles. The molecule has 0 unspecified atom stereocenters. The summed E-state index contributed by atoms with van der Waals surface area (Å²) in [6.07, 6.45) is 0. The normalized spacial score (nSPS) is 10.7. The van der Waals surface area contributed by atoms with E-state index in [4.69, 9.17) is 16.2 Å². The molecule has 1 aromatic carbocycles. The second-order valence-electron chi connectivity index (χ2n) is 2.05. The van der Waals surface area contributed by atoms with Crippen molar-refractivity contribution in [3.8, 4) is 0 Å². The predicted molar refractivity (Wildman–Crippen MR) is 56.2 cm³/mol. The van der Waals surface area contributed by atoms with E-state index in [1.807, 2.05) is 0 Å². The number of hydrogen-bond donors (Lipinski definition) is 1. The van der Waals surface area contributed by atoms with Crippen LogP contribution >= 0.6 is 39.9 Å². The van der Waals surface area contributed by atoms with Gasteiger partial charge in [-0.15, -0.1) is 12.4 Å². The van der Waals surface area contributed by atoms with Crippen LogP contribution in [0, 0.1) is 0 Å². The van der Waals surface area contributed by atoms with Crippen LogP contribution in [0.5, 0.6) is 0 Å². The minimum Gasteiger partial charge on any atom is -0.282 e. The first-order chi connectivity index (χ1) is 5.41. The lowest BCUT2D eigenvalue weighted by Crippen LogP contribution is -1.98. The van der Waals surface area contributed by atoms with Gasteiger partial charge < -0.3 is 0 Å². The maximum atomic E-state index is 10.7. The molecule has 1 N–H and O–H groups in total. The molecule has 0 aliphatic rings. The van der Waals surface area contributed by atoms with Crippen molar-refractivity contribution in [1.82, 2.24) is 0 Å². The van der Waals surface area contributed by atoms with Gasteiger partial charge in [-0.1, -0.05) is 11.6 Å². The third-order valence-corrected chi connectivity index (χ3v) is 3.25. The van der Waals surface area contributed by atoms with Crippen LogP contribution in [0.15, 0.2) is 27.6 Å². The molecule has 0 saturated carbocycles. The average Bonchev–Trinajstić information content (AvgIpc) is 1.92. The van der Waals surface area contributed by atoms with Gasteiger partial charge in [0.2, 0.25) is 0 Å². The van der Waals surface area contributed by atoms with Crippen LogP contribution in [0.3, 0.4) is 0 Å². The fraction of sp³-hybridized carbons (Fsp3) is 0. The Balaban J connectivity index is 0.00000144. The molecule has 3 nitrogen and oxygen atoms in total. The van der Waals surface area contributed by atoms with E-state index < -0.39 is 10.1 Å². The molecule has 7 heteroatoms. The first-order valence-corrected chi connectivity index (χ1v) is 5.45. The highest BCUT2D eigenvalue weighted by Gasteiger charge is 2.13. The number of halogens is 3. The summed E-state index contributed by atoms with van der Waals surface area (Å²) in [4.78, 5) is -0.227. The minimum absolute atomic E-state index is 0. The van der Waals surface area contributed by atoms with E-state index >= 15 is 0 Å². The zero-order valence-electron chi connectivity index (χ0n) is 6.07. The van der Waals surface area contributed by atoms with Gasteiger partial charge in [-0.25, -0.2) is 0 Å². The van der Waals surface area contributed by atoms with E-state index in [0.29, 0.717) is 0 Å². The molecule has 0 saturated heterocycles. The van der Waals surface area contributed by atoms with Crippen molar-refractivity contribution in [2.45, 2.75) is 4.90 Å². The third kappa shape index (κ3) is 3.44. The summed E-state index contributed by atoms with van der Waals surface area (Å²) in [5, 5.41) is 0.255.